The summed E-state index contributed by atoms with van der Waals surface area (Å²) in [6.45, 7) is 4.29. The molecule has 1 saturated heterocycles. The normalized spacial score (nSPS) is 15.3. The highest BCUT2D eigenvalue weighted by Gasteiger charge is 2.10. The maximum absolute atomic E-state index is 11.7. The number of amides is 1. The van der Waals surface area contributed by atoms with E-state index in [4.69, 9.17) is 4.74 Å². The molecular weight excluding hydrogens is 292 g/mol. The number of carbonyl (C=O) groups is 1. The Kier molecular flexibility index (Phi) is 7.83. The third kappa shape index (κ3) is 6.54. The van der Waals surface area contributed by atoms with Gasteiger partial charge in [0.05, 0.1) is 13.2 Å². The number of anilines is 1. The smallest absolute Gasteiger partial charge is 0.234 e. The molecule has 1 aromatic heterocycles. The molecule has 0 bridgehead atoms. The van der Waals surface area contributed by atoms with Crippen LogP contribution in [0.15, 0.2) is 18.3 Å². The Morgan fingerprint density at radius 1 is 1.26 bits per heavy atom. The van der Waals surface area contributed by atoms with Crippen molar-refractivity contribution in [3.63, 3.8) is 0 Å². The average molecular weight is 320 g/mol. The Hall–Kier alpha value is -1.66. The minimum Gasteiger partial charge on any atom is -0.383 e. The van der Waals surface area contributed by atoms with E-state index in [-0.39, 0.29) is 5.91 Å². The van der Waals surface area contributed by atoms with Gasteiger partial charge in [-0.15, -0.1) is 0 Å². The predicted molar refractivity (Wildman–Crippen MR) is 91.5 cm³/mol. The van der Waals surface area contributed by atoms with Gasteiger partial charge in [-0.2, -0.15) is 0 Å². The molecule has 23 heavy (non-hydrogen) atoms. The van der Waals surface area contributed by atoms with E-state index in [1.807, 2.05) is 12.3 Å². The summed E-state index contributed by atoms with van der Waals surface area (Å²) in [5.74, 6) is 1.03. The molecule has 1 aliphatic heterocycles. The van der Waals surface area contributed by atoms with Gasteiger partial charge in [-0.25, -0.2) is 4.98 Å². The Bertz CT molecular complexity index is 456. The molecule has 1 aromatic rings. The summed E-state index contributed by atoms with van der Waals surface area (Å²) in [7, 11) is 1.64. The largest absolute Gasteiger partial charge is 0.383 e. The van der Waals surface area contributed by atoms with Gasteiger partial charge in [-0.3, -0.25) is 4.79 Å². The van der Waals surface area contributed by atoms with Crippen molar-refractivity contribution in [2.45, 2.75) is 32.2 Å². The number of carbonyl (C=O) groups excluding carboxylic acids is 1. The number of aromatic nitrogens is 1. The summed E-state index contributed by atoms with van der Waals surface area (Å²) in [4.78, 5) is 18.6. The van der Waals surface area contributed by atoms with Gasteiger partial charge in [0.25, 0.3) is 0 Å². The van der Waals surface area contributed by atoms with Crippen LogP contribution in [0, 0.1) is 0 Å². The van der Waals surface area contributed by atoms with E-state index < -0.39 is 0 Å². The molecule has 128 valence electrons. The lowest BCUT2D eigenvalue weighted by molar-refractivity contribution is -0.120. The lowest BCUT2D eigenvalue weighted by Crippen LogP contribution is -2.34. The zero-order valence-electron chi connectivity index (χ0n) is 14.0. The number of rotatable bonds is 8. The van der Waals surface area contributed by atoms with Crippen LogP contribution in [0.5, 0.6) is 0 Å². The van der Waals surface area contributed by atoms with Crippen LogP contribution in [-0.2, 0) is 16.1 Å². The third-order valence-electron chi connectivity index (χ3n) is 4.00. The number of hydrogen-bond donors (Lipinski definition) is 2. The maximum Gasteiger partial charge on any atom is 0.234 e. The topological polar surface area (TPSA) is 66.5 Å². The summed E-state index contributed by atoms with van der Waals surface area (Å²) in [6, 6.07) is 4.11. The molecule has 1 amide bonds. The van der Waals surface area contributed by atoms with Crippen molar-refractivity contribution in [2.24, 2.45) is 0 Å². The first-order valence-corrected chi connectivity index (χ1v) is 8.46. The molecule has 0 radical (unpaired) electrons. The van der Waals surface area contributed by atoms with Crippen molar-refractivity contribution in [2.75, 3.05) is 44.8 Å². The highest BCUT2D eigenvalue weighted by atomic mass is 16.5. The first-order chi connectivity index (χ1) is 11.3. The molecule has 6 heteroatoms. The van der Waals surface area contributed by atoms with E-state index in [0.717, 1.165) is 24.5 Å². The average Bonchev–Trinajstić information content (AvgIpc) is 2.87. The van der Waals surface area contributed by atoms with Crippen molar-refractivity contribution < 1.29 is 9.53 Å². The monoisotopic (exact) mass is 320 g/mol. The number of hydrogen-bond acceptors (Lipinski definition) is 5. The van der Waals surface area contributed by atoms with Crippen molar-refractivity contribution in [1.82, 2.24) is 15.6 Å². The number of methoxy groups -OCH3 is 1. The van der Waals surface area contributed by atoms with Gasteiger partial charge in [-0.05, 0) is 24.5 Å². The third-order valence-corrected chi connectivity index (χ3v) is 4.00. The molecule has 0 aliphatic carbocycles. The van der Waals surface area contributed by atoms with E-state index in [2.05, 4.69) is 26.6 Å². The van der Waals surface area contributed by atoms with Crippen molar-refractivity contribution in [1.29, 1.82) is 0 Å². The molecule has 2 heterocycles. The molecule has 0 saturated carbocycles. The van der Waals surface area contributed by atoms with Gasteiger partial charge in [-0.1, -0.05) is 18.9 Å². The van der Waals surface area contributed by atoms with E-state index >= 15 is 0 Å². The van der Waals surface area contributed by atoms with E-state index in [9.17, 15) is 4.79 Å². The SMILES string of the molecule is COCCNCC(=O)NCc1ccc(N2CCCCCC2)nc1. The minimum absolute atomic E-state index is 0.0160. The summed E-state index contributed by atoms with van der Waals surface area (Å²) < 4.78 is 4.92. The lowest BCUT2D eigenvalue weighted by atomic mass is 10.2. The maximum atomic E-state index is 11.7. The zero-order chi connectivity index (χ0) is 16.3. The van der Waals surface area contributed by atoms with Crippen LogP contribution >= 0.6 is 0 Å². The molecular formula is C17H28N4O2. The van der Waals surface area contributed by atoms with E-state index in [0.29, 0.717) is 26.2 Å². The van der Waals surface area contributed by atoms with Gasteiger partial charge in [0.15, 0.2) is 0 Å². The number of pyridine rings is 1. The van der Waals surface area contributed by atoms with Crippen LogP contribution in [0.2, 0.25) is 0 Å². The summed E-state index contributed by atoms with van der Waals surface area (Å²) in [5, 5.41) is 5.91. The molecule has 0 unspecified atom stereocenters. The Morgan fingerprint density at radius 2 is 2.04 bits per heavy atom. The molecule has 1 aliphatic rings. The van der Waals surface area contributed by atoms with Gasteiger partial charge in [0, 0.05) is 39.5 Å². The second kappa shape index (κ2) is 10.2. The molecule has 2 N–H and O–H groups in total. The summed E-state index contributed by atoms with van der Waals surface area (Å²) >= 11 is 0. The molecule has 6 nitrogen and oxygen atoms in total. The fourth-order valence-corrected chi connectivity index (χ4v) is 2.65. The van der Waals surface area contributed by atoms with Gasteiger partial charge in [0.1, 0.15) is 5.82 Å². The van der Waals surface area contributed by atoms with E-state index in [1.165, 1.54) is 25.7 Å². The second-order valence-electron chi connectivity index (χ2n) is 5.87. The first-order valence-electron chi connectivity index (χ1n) is 8.46. The predicted octanol–water partition coefficient (Wildman–Crippen LogP) is 1.31. The molecule has 0 atom stereocenters. The Morgan fingerprint density at radius 3 is 2.70 bits per heavy atom. The fourth-order valence-electron chi connectivity index (χ4n) is 2.65. The Balaban J connectivity index is 1.73. The second-order valence-corrected chi connectivity index (χ2v) is 5.87. The van der Waals surface area contributed by atoms with Crippen molar-refractivity contribution >= 4 is 11.7 Å². The lowest BCUT2D eigenvalue weighted by Gasteiger charge is -2.21. The molecule has 2 rings (SSSR count). The zero-order valence-corrected chi connectivity index (χ0v) is 14.0. The first kappa shape index (κ1) is 17.7. The van der Waals surface area contributed by atoms with Gasteiger partial charge < -0.3 is 20.3 Å². The van der Waals surface area contributed by atoms with Crippen LogP contribution in [0.1, 0.15) is 31.2 Å². The van der Waals surface area contributed by atoms with E-state index in [1.54, 1.807) is 7.11 Å². The highest BCUT2D eigenvalue weighted by molar-refractivity contribution is 5.77. The van der Waals surface area contributed by atoms with Crippen LogP contribution in [0.3, 0.4) is 0 Å². The Labute approximate surface area is 138 Å². The van der Waals surface area contributed by atoms with Crippen LogP contribution < -0.4 is 15.5 Å². The van der Waals surface area contributed by atoms with Crippen LogP contribution in [0.4, 0.5) is 5.82 Å². The highest BCUT2D eigenvalue weighted by Crippen LogP contribution is 2.17. The molecule has 1 fully saturated rings. The molecule has 0 aromatic carbocycles. The summed E-state index contributed by atoms with van der Waals surface area (Å²) in [5.41, 5.74) is 1.02. The van der Waals surface area contributed by atoms with Gasteiger partial charge >= 0.3 is 0 Å². The molecule has 0 spiro atoms. The standard InChI is InChI=1S/C17H28N4O2/c1-23-11-8-18-14-17(22)20-13-15-6-7-16(19-12-15)21-9-4-2-3-5-10-21/h6-7,12,18H,2-5,8-11,13-14H2,1H3,(H,20,22). The van der Waals surface area contributed by atoms with Gasteiger partial charge in [0.2, 0.25) is 5.91 Å². The quantitative estimate of drug-likeness (QED) is 0.707. The fraction of sp³-hybridized carbons (Fsp3) is 0.647. The summed E-state index contributed by atoms with van der Waals surface area (Å²) in [6.07, 6.45) is 6.99. The van der Waals surface area contributed by atoms with Crippen LogP contribution in [-0.4, -0.2) is 50.8 Å². The number of nitrogens with zero attached hydrogens (tertiary/aromatic N) is 2. The number of nitrogens with one attached hydrogen (secondary N) is 2. The minimum atomic E-state index is -0.0160. The van der Waals surface area contributed by atoms with Crippen LogP contribution in [0.25, 0.3) is 0 Å². The van der Waals surface area contributed by atoms with Crippen molar-refractivity contribution in [3.05, 3.63) is 23.9 Å². The number of ether oxygens (including phenoxy) is 1. The van der Waals surface area contributed by atoms with Crippen molar-refractivity contribution in [3.8, 4) is 0 Å².